The molecule has 4 aromatic rings. The van der Waals surface area contributed by atoms with Gasteiger partial charge in [-0.15, -0.1) is 0 Å². The predicted molar refractivity (Wildman–Crippen MR) is 99.8 cm³/mol. The summed E-state index contributed by atoms with van der Waals surface area (Å²) in [5.74, 6) is 0. The van der Waals surface area contributed by atoms with Crippen LogP contribution in [0.1, 0.15) is 16.7 Å². The van der Waals surface area contributed by atoms with Crippen molar-refractivity contribution in [2.75, 3.05) is 0 Å². The lowest BCUT2D eigenvalue weighted by Crippen LogP contribution is -1.84. The van der Waals surface area contributed by atoms with Crippen molar-refractivity contribution in [2.24, 2.45) is 0 Å². The van der Waals surface area contributed by atoms with E-state index >= 15 is 0 Å². The van der Waals surface area contributed by atoms with E-state index in [2.05, 4.69) is 73.3 Å². The van der Waals surface area contributed by atoms with Crippen molar-refractivity contribution >= 4 is 27.6 Å². The number of hydrogen-bond donors (Lipinski definition) is 0. The zero-order valence-corrected chi connectivity index (χ0v) is 12.8. The molecule has 23 heavy (non-hydrogen) atoms. The minimum absolute atomic E-state index is 1.02. The third kappa shape index (κ3) is 1.72. The smallest absolute Gasteiger partial charge is 0.00130 e. The largest absolute Gasteiger partial charge is 0.0985 e. The third-order valence-electron chi connectivity index (χ3n) is 5.03. The van der Waals surface area contributed by atoms with Gasteiger partial charge in [-0.2, -0.15) is 0 Å². The molecule has 0 N–H and O–H groups in total. The topological polar surface area (TPSA) is 0 Å². The number of fused-ring (bicyclic) bond motifs is 7. The van der Waals surface area contributed by atoms with Crippen molar-refractivity contribution in [3.05, 3.63) is 90.0 Å². The molecular formula is C23H16. The van der Waals surface area contributed by atoms with Crippen LogP contribution in [0.2, 0.25) is 0 Å². The highest BCUT2D eigenvalue weighted by molar-refractivity contribution is 6.13. The van der Waals surface area contributed by atoms with E-state index in [4.69, 9.17) is 0 Å². The van der Waals surface area contributed by atoms with Gasteiger partial charge in [-0.1, -0.05) is 79.4 Å². The van der Waals surface area contributed by atoms with Crippen LogP contribution in [-0.2, 0) is 6.42 Å². The Kier molecular flexibility index (Phi) is 2.51. The molecule has 0 saturated carbocycles. The molecule has 0 unspecified atom stereocenters. The van der Waals surface area contributed by atoms with Crippen LogP contribution in [0.4, 0.5) is 0 Å². The van der Waals surface area contributed by atoms with E-state index in [0.29, 0.717) is 0 Å². The van der Waals surface area contributed by atoms with E-state index in [1.54, 1.807) is 0 Å². The third-order valence-corrected chi connectivity index (χ3v) is 5.03. The maximum atomic E-state index is 3.89. The Hall–Kier alpha value is -2.86. The molecule has 0 amide bonds. The first-order valence-electron chi connectivity index (χ1n) is 8.04. The van der Waals surface area contributed by atoms with Gasteiger partial charge in [-0.25, -0.2) is 0 Å². The van der Waals surface area contributed by atoms with Crippen molar-refractivity contribution in [3.63, 3.8) is 0 Å². The van der Waals surface area contributed by atoms with Gasteiger partial charge in [0.25, 0.3) is 0 Å². The molecule has 0 aliphatic heterocycles. The van der Waals surface area contributed by atoms with Gasteiger partial charge in [-0.05, 0) is 55.8 Å². The van der Waals surface area contributed by atoms with Crippen molar-refractivity contribution in [1.82, 2.24) is 0 Å². The Morgan fingerprint density at radius 3 is 2.52 bits per heavy atom. The van der Waals surface area contributed by atoms with E-state index in [1.165, 1.54) is 49.4 Å². The minimum Gasteiger partial charge on any atom is -0.0985 e. The van der Waals surface area contributed by atoms with E-state index in [0.717, 1.165) is 6.42 Å². The lowest BCUT2D eigenvalue weighted by Gasteiger charge is -2.10. The molecule has 0 saturated heterocycles. The molecule has 0 nitrogen and oxygen atoms in total. The van der Waals surface area contributed by atoms with E-state index in [1.807, 2.05) is 6.08 Å². The van der Waals surface area contributed by atoms with Crippen LogP contribution >= 0.6 is 0 Å². The van der Waals surface area contributed by atoms with Crippen LogP contribution in [0, 0.1) is 0 Å². The van der Waals surface area contributed by atoms with Crippen LogP contribution in [0.5, 0.6) is 0 Å². The van der Waals surface area contributed by atoms with Gasteiger partial charge in [0.05, 0.1) is 0 Å². The maximum absolute atomic E-state index is 3.89. The Labute approximate surface area is 135 Å². The van der Waals surface area contributed by atoms with Crippen LogP contribution in [0.15, 0.2) is 73.3 Å². The second-order valence-electron chi connectivity index (χ2n) is 6.28. The molecule has 0 spiro atoms. The quantitative estimate of drug-likeness (QED) is 0.322. The summed E-state index contributed by atoms with van der Waals surface area (Å²) in [5, 5.41) is 5.36. The molecule has 5 rings (SSSR count). The molecular weight excluding hydrogens is 276 g/mol. The first-order chi connectivity index (χ1) is 11.3. The number of hydrogen-bond acceptors (Lipinski definition) is 0. The van der Waals surface area contributed by atoms with Crippen molar-refractivity contribution < 1.29 is 0 Å². The zero-order chi connectivity index (χ0) is 15.4. The molecule has 1 aliphatic carbocycles. The molecule has 4 aromatic carbocycles. The molecule has 0 fully saturated rings. The van der Waals surface area contributed by atoms with Crippen LogP contribution in [0.3, 0.4) is 0 Å². The summed E-state index contributed by atoms with van der Waals surface area (Å²) in [7, 11) is 0. The summed E-state index contributed by atoms with van der Waals surface area (Å²) in [6.45, 7) is 3.89. The summed E-state index contributed by atoms with van der Waals surface area (Å²) < 4.78 is 0. The lowest BCUT2D eigenvalue weighted by molar-refractivity contribution is 1.26. The molecule has 0 bridgehead atoms. The summed E-state index contributed by atoms with van der Waals surface area (Å²) in [6, 6.07) is 24.5. The van der Waals surface area contributed by atoms with Crippen molar-refractivity contribution in [3.8, 4) is 11.1 Å². The second-order valence-corrected chi connectivity index (χ2v) is 6.28. The Morgan fingerprint density at radius 2 is 1.61 bits per heavy atom. The Balaban J connectivity index is 1.89. The van der Waals surface area contributed by atoms with Crippen molar-refractivity contribution in [1.29, 1.82) is 0 Å². The standard InChI is InChI=1S/C23H16/c1-2-15-7-10-20-18(13-15)14-17-9-11-21-19-6-4-3-5-16(19)8-12-22(21)23(17)20/h2-13H,1,14H2. The Morgan fingerprint density at radius 1 is 0.739 bits per heavy atom. The van der Waals surface area contributed by atoms with Crippen molar-refractivity contribution in [2.45, 2.75) is 6.42 Å². The van der Waals surface area contributed by atoms with E-state index in [-0.39, 0.29) is 0 Å². The highest BCUT2D eigenvalue weighted by Gasteiger charge is 2.21. The average Bonchev–Trinajstić information content (AvgIpc) is 2.99. The van der Waals surface area contributed by atoms with Crippen LogP contribution < -0.4 is 0 Å². The van der Waals surface area contributed by atoms with Gasteiger partial charge < -0.3 is 0 Å². The number of rotatable bonds is 1. The fourth-order valence-corrected chi connectivity index (χ4v) is 3.93. The second kappa shape index (κ2) is 4.57. The minimum atomic E-state index is 1.02. The molecule has 0 radical (unpaired) electrons. The summed E-state index contributed by atoms with van der Waals surface area (Å²) in [6.07, 6.45) is 2.95. The van der Waals surface area contributed by atoms with E-state index in [9.17, 15) is 0 Å². The molecule has 0 heterocycles. The van der Waals surface area contributed by atoms with Gasteiger partial charge in [0.15, 0.2) is 0 Å². The summed E-state index contributed by atoms with van der Waals surface area (Å²) in [4.78, 5) is 0. The fourth-order valence-electron chi connectivity index (χ4n) is 3.93. The molecule has 0 atom stereocenters. The monoisotopic (exact) mass is 292 g/mol. The first-order valence-corrected chi connectivity index (χ1v) is 8.04. The first kappa shape index (κ1) is 12.7. The average molecular weight is 292 g/mol. The van der Waals surface area contributed by atoms with Gasteiger partial charge in [0, 0.05) is 0 Å². The highest BCUT2D eigenvalue weighted by atomic mass is 14.2. The fraction of sp³-hybridized carbons (Fsp3) is 0.0435. The number of benzene rings is 4. The van der Waals surface area contributed by atoms with Crippen LogP contribution in [-0.4, -0.2) is 0 Å². The van der Waals surface area contributed by atoms with Gasteiger partial charge in [-0.3, -0.25) is 0 Å². The van der Waals surface area contributed by atoms with E-state index < -0.39 is 0 Å². The Bertz CT molecular complexity index is 1100. The summed E-state index contributed by atoms with van der Waals surface area (Å²) >= 11 is 0. The lowest BCUT2D eigenvalue weighted by atomic mass is 9.94. The SMILES string of the molecule is C=Cc1ccc2c(c1)Cc1ccc3c(ccc4ccccc43)c1-2. The highest BCUT2D eigenvalue weighted by Crippen LogP contribution is 2.43. The molecule has 108 valence electrons. The molecule has 0 heteroatoms. The van der Waals surface area contributed by atoms with Crippen LogP contribution in [0.25, 0.3) is 38.7 Å². The summed E-state index contributed by atoms with van der Waals surface area (Å²) in [5.41, 5.74) is 6.85. The van der Waals surface area contributed by atoms with Gasteiger partial charge in [0.2, 0.25) is 0 Å². The molecule has 1 aliphatic rings. The molecule has 0 aromatic heterocycles. The normalized spacial score (nSPS) is 12.3. The van der Waals surface area contributed by atoms with Gasteiger partial charge >= 0.3 is 0 Å². The predicted octanol–water partition coefficient (Wildman–Crippen LogP) is 6.21. The maximum Gasteiger partial charge on any atom is -0.00130 e. The van der Waals surface area contributed by atoms with Gasteiger partial charge in [0.1, 0.15) is 0 Å². The zero-order valence-electron chi connectivity index (χ0n) is 12.8.